The molecule has 3 N–H and O–H groups in total. The molecule has 0 aliphatic heterocycles. The van der Waals surface area contributed by atoms with Crippen molar-refractivity contribution < 1.29 is 19.4 Å². The maximum Gasteiger partial charge on any atom is 0.306 e. The second-order valence-corrected chi connectivity index (χ2v) is 3.57. The molecule has 0 saturated heterocycles. The van der Waals surface area contributed by atoms with Gasteiger partial charge in [0.15, 0.2) is 0 Å². The third kappa shape index (κ3) is 3.87. The standard InChI is InChI=1S/C10H15N3O4/c1-6-8(5-12-13-6)10(16)11-4-7(17-2)3-9(14)15/h5,7H,3-4H2,1-2H3,(H,11,16)(H,12,13)(H,14,15). The first kappa shape index (κ1) is 13.2. The predicted molar refractivity (Wildman–Crippen MR) is 58.7 cm³/mol. The van der Waals surface area contributed by atoms with E-state index in [1.54, 1.807) is 6.92 Å². The lowest BCUT2D eigenvalue weighted by atomic mass is 10.2. The Labute approximate surface area is 98.2 Å². The maximum atomic E-state index is 11.7. The summed E-state index contributed by atoms with van der Waals surface area (Å²) in [5.41, 5.74) is 1.10. The Morgan fingerprint density at radius 1 is 1.65 bits per heavy atom. The zero-order valence-electron chi connectivity index (χ0n) is 9.69. The van der Waals surface area contributed by atoms with Crippen LogP contribution in [-0.2, 0) is 9.53 Å². The summed E-state index contributed by atoms with van der Waals surface area (Å²) in [7, 11) is 1.41. The largest absolute Gasteiger partial charge is 0.481 e. The van der Waals surface area contributed by atoms with E-state index in [9.17, 15) is 9.59 Å². The van der Waals surface area contributed by atoms with Gasteiger partial charge in [0.2, 0.25) is 0 Å². The SMILES string of the molecule is COC(CNC(=O)c1cn[nH]c1C)CC(=O)O. The quantitative estimate of drug-likeness (QED) is 0.647. The van der Waals surface area contributed by atoms with Crippen molar-refractivity contribution in [2.24, 2.45) is 0 Å². The van der Waals surface area contributed by atoms with Crippen molar-refractivity contribution in [1.29, 1.82) is 0 Å². The van der Waals surface area contributed by atoms with E-state index in [-0.39, 0.29) is 18.9 Å². The molecule has 0 spiro atoms. The molecule has 1 aromatic rings. The number of hydrogen-bond donors (Lipinski definition) is 3. The van der Waals surface area contributed by atoms with Gasteiger partial charge < -0.3 is 15.2 Å². The minimum atomic E-state index is -0.967. The number of ether oxygens (including phenoxy) is 1. The van der Waals surface area contributed by atoms with Gasteiger partial charge in [-0.25, -0.2) is 0 Å². The third-order valence-corrected chi connectivity index (χ3v) is 2.30. The normalized spacial score (nSPS) is 12.1. The fourth-order valence-corrected chi connectivity index (χ4v) is 1.31. The van der Waals surface area contributed by atoms with E-state index in [0.717, 1.165) is 0 Å². The molecule has 94 valence electrons. The summed E-state index contributed by atoms with van der Waals surface area (Å²) in [5.74, 6) is -1.27. The number of nitrogens with one attached hydrogen (secondary N) is 2. The highest BCUT2D eigenvalue weighted by Gasteiger charge is 2.15. The van der Waals surface area contributed by atoms with E-state index in [4.69, 9.17) is 9.84 Å². The average molecular weight is 241 g/mol. The molecule has 0 aromatic carbocycles. The minimum absolute atomic E-state index is 0.145. The highest BCUT2D eigenvalue weighted by molar-refractivity contribution is 5.94. The Bertz CT molecular complexity index is 402. The number of carbonyl (C=O) groups excluding carboxylic acids is 1. The van der Waals surface area contributed by atoms with Gasteiger partial charge in [-0.15, -0.1) is 0 Å². The van der Waals surface area contributed by atoms with Gasteiger partial charge in [0.05, 0.1) is 24.3 Å². The lowest BCUT2D eigenvalue weighted by Crippen LogP contribution is -2.34. The van der Waals surface area contributed by atoms with Crippen molar-refractivity contribution in [3.8, 4) is 0 Å². The Kier molecular flexibility index (Phi) is 4.65. The van der Waals surface area contributed by atoms with Gasteiger partial charge in [0.25, 0.3) is 5.91 Å². The zero-order chi connectivity index (χ0) is 12.8. The van der Waals surface area contributed by atoms with Gasteiger partial charge in [-0.05, 0) is 6.92 Å². The number of H-pyrrole nitrogens is 1. The van der Waals surface area contributed by atoms with Crippen LogP contribution >= 0.6 is 0 Å². The van der Waals surface area contributed by atoms with Gasteiger partial charge >= 0.3 is 5.97 Å². The molecule has 0 aliphatic rings. The van der Waals surface area contributed by atoms with Crippen molar-refractivity contribution >= 4 is 11.9 Å². The highest BCUT2D eigenvalue weighted by atomic mass is 16.5. The van der Waals surface area contributed by atoms with Crippen molar-refractivity contribution in [2.45, 2.75) is 19.4 Å². The lowest BCUT2D eigenvalue weighted by molar-refractivity contribution is -0.139. The second-order valence-electron chi connectivity index (χ2n) is 3.57. The average Bonchev–Trinajstić information content (AvgIpc) is 2.69. The molecule has 1 unspecified atom stereocenters. The summed E-state index contributed by atoms with van der Waals surface area (Å²) in [6.07, 6.45) is 0.730. The number of carboxylic acid groups (broad SMARTS) is 1. The predicted octanol–water partition coefficient (Wildman–Crippen LogP) is -0.0624. The summed E-state index contributed by atoms with van der Waals surface area (Å²) in [4.78, 5) is 22.1. The summed E-state index contributed by atoms with van der Waals surface area (Å²) >= 11 is 0. The molecule has 0 radical (unpaired) electrons. The number of rotatable bonds is 6. The Balaban J connectivity index is 2.47. The van der Waals surface area contributed by atoms with E-state index in [1.807, 2.05) is 0 Å². The number of aliphatic carboxylic acids is 1. The van der Waals surface area contributed by atoms with Gasteiger partial charge in [0, 0.05) is 19.3 Å². The summed E-state index contributed by atoms with van der Waals surface area (Å²) in [6, 6.07) is 0. The van der Waals surface area contributed by atoms with Crippen molar-refractivity contribution in [3.05, 3.63) is 17.5 Å². The van der Waals surface area contributed by atoms with Crippen LogP contribution in [0.4, 0.5) is 0 Å². The van der Waals surface area contributed by atoms with Gasteiger partial charge in [-0.3, -0.25) is 14.7 Å². The highest BCUT2D eigenvalue weighted by Crippen LogP contribution is 2.02. The number of carbonyl (C=O) groups is 2. The van der Waals surface area contributed by atoms with Crippen LogP contribution in [0, 0.1) is 6.92 Å². The van der Waals surface area contributed by atoms with Crippen LogP contribution in [0.5, 0.6) is 0 Å². The van der Waals surface area contributed by atoms with Gasteiger partial charge in [-0.2, -0.15) is 5.10 Å². The molecule has 0 bridgehead atoms. The topological polar surface area (TPSA) is 104 Å². The first-order valence-electron chi connectivity index (χ1n) is 5.07. The first-order valence-corrected chi connectivity index (χ1v) is 5.07. The van der Waals surface area contributed by atoms with Crippen molar-refractivity contribution in [1.82, 2.24) is 15.5 Å². The van der Waals surface area contributed by atoms with Crippen LogP contribution in [0.25, 0.3) is 0 Å². The number of methoxy groups -OCH3 is 1. The summed E-state index contributed by atoms with van der Waals surface area (Å²) < 4.78 is 4.94. The molecule has 0 aliphatic carbocycles. The van der Waals surface area contributed by atoms with Crippen LogP contribution in [0.3, 0.4) is 0 Å². The zero-order valence-corrected chi connectivity index (χ0v) is 9.69. The second kappa shape index (κ2) is 6.00. The van der Waals surface area contributed by atoms with Crippen molar-refractivity contribution in [3.63, 3.8) is 0 Å². The molecular formula is C10H15N3O4. The van der Waals surface area contributed by atoms with Crippen LogP contribution in [-0.4, -0.2) is 46.9 Å². The molecule has 1 aromatic heterocycles. The van der Waals surface area contributed by atoms with Crippen LogP contribution < -0.4 is 5.32 Å². The molecule has 7 heteroatoms. The maximum absolute atomic E-state index is 11.7. The molecule has 7 nitrogen and oxygen atoms in total. The molecular weight excluding hydrogens is 226 g/mol. The van der Waals surface area contributed by atoms with Crippen LogP contribution in [0.2, 0.25) is 0 Å². The van der Waals surface area contributed by atoms with E-state index >= 15 is 0 Å². The fraction of sp³-hybridized carbons (Fsp3) is 0.500. The Hall–Kier alpha value is -1.89. The third-order valence-electron chi connectivity index (χ3n) is 2.30. The Morgan fingerprint density at radius 3 is 2.82 bits per heavy atom. The van der Waals surface area contributed by atoms with Gasteiger partial charge in [-0.1, -0.05) is 0 Å². The smallest absolute Gasteiger partial charge is 0.306 e. The molecule has 1 heterocycles. The number of aromatic nitrogens is 2. The molecule has 17 heavy (non-hydrogen) atoms. The molecule has 1 atom stereocenters. The lowest BCUT2D eigenvalue weighted by Gasteiger charge is -2.13. The van der Waals surface area contributed by atoms with E-state index in [2.05, 4.69) is 15.5 Å². The molecule has 0 saturated carbocycles. The monoisotopic (exact) mass is 241 g/mol. The summed E-state index contributed by atoms with van der Waals surface area (Å²) in [5, 5.41) is 17.6. The fourth-order valence-electron chi connectivity index (χ4n) is 1.31. The number of amides is 1. The molecule has 1 amide bonds. The number of hydrogen-bond acceptors (Lipinski definition) is 4. The minimum Gasteiger partial charge on any atom is -0.481 e. The summed E-state index contributed by atoms with van der Waals surface area (Å²) in [6.45, 7) is 1.87. The molecule has 0 fully saturated rings. The van der Waals surface area contributed by atoms with Crippen LogP contribution in [0.1, 0.15) is 22.5 Å². The van der Waals surface area contributed by atoms with Crippen LogP contribution in [0.15, 0.2) is 6.20 Å². The first-order chi connectivity index (χ1) is 8.04. The number of nitrogens with zero attached hydrogens (tertiary/aromatic N) is 1. The Morgan fingerprint density at radius 2 is 2.35 bits per heavy atom. The van der Waals surface area contributed by atoms with E-state index in [1.165, 1.54) is 13.3 Å². The number of aryl methyl sites for hydroxylation is 1. The van der Waals surface area contributed by atoms with Gasteiger partial charge in [0.1, 0.15) is 0 Å². The number of aromatic amines is 1. The van der Waals surface area contributed by atoms with Crippen molar-refractivity contribution in [2.75, 3.05) is 13.7 Å². The van der Waals surface area contributed by atoms with E-state index in [0.29, 0.717) is 11.3 Å². The number of carboxylic acids is 1. The molecule has 1 rings (SSSR count). The van der Waals surface area contributed by atoms with E-state index < -0.39 is 12.1 Å².